The Balaban J connectivity index is 1.74. The Bertz CT molecular complexity index is 943. The van der Waals surface area contributed by atoms with Crippen molar-refractivity contribution in [3.8, 4) is 5.75 Å². The number of benzene rings is 1. The fourth-order valence-electron chi connectivity index (χ4n) is 5.35. The minimum Gasteiger partial charge on any atom is -0.497 e. The number of piperidine rings is 1. The van der Waals surface area contributed by atoms with Gasteiger partial charge in [-0.2, -0.15) is 0 Å². The van der Waals surface area contributed by atoms with Crippen LogP contribution in [0, 0.1) is 6.92 Å². The molecule has 1 aromatic heterocycles. The molecule has 1 aromatic carbocycles. The van der Waals surface area contributed by atoms with Gasteiger partial charge in [-0.3, -0.25) is 9.59 Å². The third-order valence-electron chi connectivity index (χ3n) is 6.73. The zero-order valence-corrected chi connectivity index (χ0v) is 18.4. The quantitative estimate of drug-likeness (QED) is 0.820. The third-order valence-corrected chi connectivity index (χ3v) is 6.73. The van der Waals surface area contributed by atoms with Gasteiger partial charge in [0.2, 0.25) is 5.91 Å². The van der Waals surface area contributed by atoms with E-state index in [0.29, 0.717) is 12.6 Å². The van der Waals surface area contributed by atoms with Crippen LogP contribution in [0.3, 0.4) is 0 Å². The van der Waals surface area contributed by atoms with Gasteiger partial charge < -0.3 is 19.5 Å². The van der Waals surface area contributed by atoms with Gasteiger partial charge in [-0.05, 0) is 50.8 Å². The van der Waals surface area contributed by atoms with Crippen molar-refractivity contribution in [3.63, 3.8) is 0 Å². The van der Waals surface area contributed by atoms with E-state index < -0.39 is 0 Å². The Morgan fingerprint density at radius 3 is 2.57 bits per heavy atom. The molecule has 1 N–H and O–H groups in total. The van der Waals surface area contributed by atoms with E-state index in [9.17, 15) is 9.59 Å². The zero-order chi connectivity index (χ0) is 21.3. The van der Waals surface area contributed by atoms with Crippen molar-refractivity contribution in [2.24, 2.45) is 0 Å². The molecule has 2 amide bonds. The Morgan fingerprint density at radius 2 is 1.87 bits per heavy atom. The highest BCUT2D eigenvalue weighted by molar-refractivity contribution is 6.09. The third kappa shape index (κ3) is 3.92. The highest BCUT2D eigenvalue weighted by atomic mass is 16.5. The van der Waals surface area contributed by atoms with E-state index in [0.717, 1.165) is 47.3 Å². The number of aromatic nitrogens is 1. The van der Waals surface area contributed by atoms with E-state index >= 15 is 0 Å². The molecule has 2 fully saturated rings. The van der Waals surface area contributed by atoms with Crippen molar-refractivity contribution in [2.75, 3.05) is 20.2 Å². The van der Waals surface area contributed by atoms with Gasteiger partial charge in [0.25, 0.3) is 5.91 Å². The molecule has 1 saturated heterocycles. The maximum Gasteiger partial charge on any atom is 0.256 e. The molecule has 6 nitrogen and oxygen atoms in total. The number of carbonyl (C=O) groups excluding carboxylic acids is 2. The van der Waals surface area contributed by atoms with Crippen LogP contribution in [0.15, 0.2) is 18.2 Å². The monoisotopic (exact) mass is 411 g/mol. The van der Waals surface area contributed by atoms with Crippen molar-refractivity contribution < 1.29 is 14.3 Å². The first kappa shape index (κ1) is 20.8. The average Bonchev–Trinajstić information content (AvgIpc) is 3.04. The van der Waals surface area contributed by atoms with Gasteiger partial charge in [-0.25, -0.2) is 0 Å². The fraction of sp³-hybridized carbons (Fsp3) is 0.583. The predicted molar refractivity (Wildman–Crippen MR) is 118 cm³/mol. The number of likely N-dealkylation sites (tertiary alicyclic amines) is 1. The van der Waals surface area contributed by atoms with Gasteiger partial charge in [0.1, 0.15) is 5.75 Å². The maximum atomic E-state index is 13.7. The van der Waals surface area contributed by atoms with Gasteiger partial charge in [-0.15, -0.1) is 0 Å². The molecule has 6 heteroatoms. The molecule has 1 aliphatic heterocycles. The lowest BCUT2D eigenvalue weighted by atomic mass is 9.95. The van der Waals surface area contributed by atoms with Crippen LogP contribution in [0.25, 0.3) is 10.9 Å². The highest BCUT2D eigenvalue weighted by Gasteiger charge is 2.30. The lowest BCUT2D eigenvalue weighted by Crippen LogP contribution is -2.49. The first-order chi connectivity index (χ1) is 14.5. The molecule has 0 radical (unpaired) electrons. The van der Waals surface area contributed by atoms with Gasteiger partial charge >= 0.3 is 0 Å². The Labute approximate surface area is 178 Å². The summed E-state index contributed by atoms with van der Waals surface area (Å²) in [6, 6.07) is 6.57. The highest BCUT2D eigenvalue weighted by Crippen LogP contribution is 2.38. The second-order valence-corrected chi connectivity index (χ2v) is 8.80. The van der Waals surface area contributed by atoms with Crippen LogP contribution in [-0.4, -0.2) is 47.5 Å². The molecule has 1 saturated carbocycles. The largest absolute Gasteiger partial charge is 0.497 e. The molecule has 2 aliphatic rings. The maximum absolute atomic E-state index is 13.7. The summed E-state index contributed by atoms with van der Waals surface area (Å²) < 4.78 is 7.88. The summed E-state index contributed by atoms with van der Waals surface area (Å²) in [5.74, 6) is 0.798. The van der Waals surface area contributed by atoms with Gasteiger partial charge in [0.15, 0.2) is 0 Å². The number of nitrogens with one attached hydrogen (secondary N) is 1. The van der Waals surface area contributed by atoms with Crippen LogP contribution < -0.4 is 10.1 Å². The van der Waals surface area contributed by atoms with Crippen LogP contribution in [0.1, 0.15) is 74.0 Å². The van der Waals surface area contributed by atoms with Crippen molar-refractivity contribution >= 4 is 22.7 Å². The standard InChI is InChI=1S/C24H33N3O3/c1-16-23(24(29)26-13-7-8-18(15-26)25-17(2)28)21-14-20(30-3)11-12-22(21)27(16)19-9-5-4-6-10-19/h11-12,14,18-19H,4-10,13,15H2,1-3H3,(H,25,28). The van der Waals surface area contributed by atoms with E-state index in [-0.39, 0.29) is 17.9 Å². The average molecular weight is 412 g/mol. The molecule has 4 rings (SSSR count). The van der Waals surface area contributed by atoms with Crippen molar-refractivity contribution in [1.82, 2.24) is 14.8 Å². The fourth-order valence-corrected chi connectivity index (χ4v) is 5.35. The second-order valence-electron chi connectivity index (χ2n) is 8.80. The first-order valence-corrected chi connectivity index (χ1v) is 11.2. The molecule has 1 aliphatic carbocycles. The summed E-state index contributed by atoms with van der Waals surface area (Å²) in [7, 11) is 1.66. The van der Waals surface area contributed by atoms with Crippen LogP contribution in [0.2, 0.25) is 0 Å². The molecular weight excluding hydrogens is 378 g/mol. The first-order valence-electron chi connectivity index (χ1n) is 11.2. The minimum atomic E-state index is -0.0379. The summed E-state index contributed by atoms with van der Waals surface area (Å²) in [4.78, 5) is 27.1. The van der Waals surface area contributed by atoms with Crippen molar-refractivity contribution in [1.29, 1.82) is 0 Å². The molecule has 2 aromatic rings. The smallest absolute Gasteiger partial charge is 0.256 e. The van der Waals surface area contributed by atoms with Crippen molar-refractivity contribution in [2.45, 2.75) is 70.9 Å². The Morgan fingerprint density at radius 1 is 1.10 bits per heavy atom. The summed E-state index contributed by atoms with van der Waals surface area (Å²) in [5.41, 5.74) is 2.97. The normalized spacial score (nSPS) is 20.4. The number of nitrogens with zero attached hydrogens (tertiary/aromatic N) is 2. The lowest BCUT2D eigenvalue weighted by Gasteiger charge is -2.33. The molecule has 30 heavy (non-hydrogen) atoms. The number of methoxy groups -OCH3 is 1. The lowest BCUT2D eigenvalue weighted by molar-refractivity contribution is -0.120. The number of hydrogen-bond donors (Lipinski definition) is 1. The molecule has 0 bridgehead atoms. The number of rotatable bonds is 4. The summed E-state index contributed by atoms with van der Waals surface area (Å²) >= 11 is 0. The van der Waals surface area contributed by atoms with Crippen LogP contribution >= 0.6 is 0 Å². The zero-order valence-electron chi connectivity index (χ0n) is 18.4. The van der Waals surface area contributed by atoms with Crippen LogP contribution in [-0.2, 0) is 4.79 Å². The SMILES string of the molecule is COc1ccc2c(c1)c(C(=O)N1CCCC(NC(C)=O)C1)c(C)n2C1CCCCC1. The molecule has 1 atom stereocenters. The number of ether oxygens (including phenoxy) is 1. The molecule has 0 spiro atoms. The number of hydrogen-bond acceptors (Lipinski definition) is 3. The molecule has 162 valence electrons. The molecular formula is C24H33N3O3. The molecule has 2 heterocycles. The minimum absolute atomic E-state index is 0.0294. The predicted octanol–water partition coefficient (Wildman–Crippen LogP) is 4.20. The van der Waals surface area contributed by atoms with E-state index in [1.807, 2.05) is 17.0 Å². The topological polar surface area (TPSA) is 63.6 Å². The second kappa shape index (κ2) is 8.70. The van der Waals surface area contributed by atoms with E-state index in [4.69, 9.17) is 4.74 Å². The number of amides is 2. The van der Waals surface area contributed by atoms with Crippen LogP contribution in [0.4, 0.5) is 0 Å². The Kier molecular flexibility index (Phi) is 6.02. The molecule has 1 unspecified atom stereocenters. The van der Waals surface area contributed by atoms with E-state index in [1.165, 1.54) is 39.0 Å². The summed E-state index contributed by atoms with van der Waals surface area (Å²) in [5, 5.41) is 3.96. The van der Waals surface area contributed by atoms with E-state index in [1.54, 1.807) is 7.11 Å². The van der Waals surface area contributed by atoms with E-state index in [2.05, 4.69) is 22.9 Å². The van der Waals surface area contributed by atoms with Crippen LogP contribution in [0.5, 0.6) is 5.75 Å². The summed E-state index contributed by atoms with van der Waals surface area (Å²) in [6.45, 7) is 4.92. The number of fused-ring (bicyclic) bond motifs is 1. The van der Waals surface area contributed by atoms with Gasteiger partial charge in [-0.1, -0.05) is 19.3 Å². The summed E-state index contributed by atoms with van der Waals surface area (Å²) in [6.07, 6.45) is 7.94. The van der Waals surface area contributed by atoms with Gasteiger partial charge in [0.05, 0.1) is 12.7 Å². The van der Waals surface area contributed by atoms with Gasteiger partial charge in [0, 0.05) is 48.7 Å². The number of carbonyl (C=O) groups is 2. The Hall–Kier alpha value is -2.50. The van der Waals surface area contributed by atoms with Crippen molar-refractivity contribution in [3.05, 3.63) is 29.5 Å².